The number of anilines is 1. The SMILES string of the molecule is CC(C)C(C)(O)CNC(=O)C(=O)Nc1ccc(C(C)(C)C)cc1. The molecule has 2 amide bonds. The summed E-state index contributed by atoms with van der Waals surface area (Å²) in [5.41, 5.74) is 0.689. The summed E-state index contributed by atoms with van der Waals surface area (Å²) >= 11 is 0. The normalized spacial score (nSPS) is 14.3. The highest BCUT2D eigenvalue weighted by molar-refractivity contribution is 6.39. The molecule has 5 heteroatoms. The van der Waals surface area contributed by atoms with E-state index in [0.717, 1.165) is 5.56 Å². The summed E-state index contributed by atoms with van der Waals surface area (Å²) in [6, 6.07) is 7.40. The average Bonchev–Trinajstić information content (AvgIpc) is 2.44. The third-order valence-corrected chi connectivity index (χ3v) is 4.07. The van der Waals surface area contributed by atoms with Crippen LogP contribution in [-0.4, -0.2) is 29.1 Å². The van der Waals surface area contributed by atoms with Crippen molar-refractivity contribution in [3.8, 4) is 0 Å². The van der Waals surface area contributed by atoms with Gasteiger partial charge in [-0.15, -0.1) is 0 Å². The molecule has 1 unspecified atom stereocenters. The predicted molar refractivity (Wildman–Crippen MR) is 92.2 cm³/mol. The highest BCUT2D eigenvalue weighted by atomic mass is 16.3. The summed E-state index contributed by atoms with van der Waals surface area (Å²) in [7, 11) is 0. The van der Waals surface area contributed by atoms with Gasteiger partial charge in [0, 0.05) is 12.2 Å². The Morgan fingerprint density at radius 3 is 2.00 bits per heavy atom. The van der Waals surface area contributed by atoms with Gasteiger partial charge in [-0.1, -0.05) is 46.8 Å². The Morgan fingerprint density at radius 2 is 1.57 bits per heavy atom. The largest absolute Gasteiger partial charge is 0.388 e. The lowest BCUT2D eigenvalue weighted by molar-refractivity contribution is -0.137. The van der Waals surface area contributed by atoms with E-state index in [9.17, 15) is 14.7 Å². The number of rotatable bonds is 4. The molecule has 0 spiro atoms. The van der Waals surface area contributed by atoms with Gasteiger partial charge < -0.3 is 15.7 Å². The first-order valence-corrected chi connectivity index (χ1v) is 7.85. The molecule has 0 aliphatic heterocycles. The summed E-state index contributed by atoms with van der Waals surface area (Å²) in [6.45, 7) is 11.7. The van der Waals surface area contributed by atoms with E-state index in [2.05, 4.69) is 31.4 Å². The van der Waals surface area contributed by atoms with Crippen LogP contribution in [0, 0.1) is 5.92 Å². The van der Waals surface area contributed by atoms with Crippen LogP contribution in [0.5, 0.6) is 0 Å². The van der Waals surface area contributed by atoms with Crippen LogP contribution >= 0.6 is 0 Å². The summed E-state index contributed by atoms with van der Waals surface area (Å²) < 4.78 is 0. The van der Waals surface area contributed by atoms with Crippen LogP contribution in [0.1, 0.15) is 47.1 Å². The predicted octanol–water partition coefficient (Wildman–Crippen LogP) is 2.45. The Balaban J connectivity index is 2.61. The molecule has 0 fully saturated rings. The second-order valence-electron chi connectivity index (χ2n) is 7.48. The van der Waals surface area contributed by atoms with Crippen molar-refractivity contribution in [2.75, 3.05) is 11.9 Å². The van der Waals surface area contributed by atoms with Crippen molar-refractivity contribution in [2.24, 2.45) is 5.92 Å². The molecule has 128 valence electrons. The molecule has 23 heavy (non-hydrogen) atoms. The highest BCUT2D eigenvalue weighted by Gasteiger charge is 2.26. The lowest BCUT2D eigenvalue weighted by Gasteiger charge is -2.27. The molecule has 0 radical (unpaired) electrons. The standard InChI is InChI=1S/C18H28N2O3/c1-12(2)18(6,23)11-19-15(21)16(22)20-14-9-7-13(8-10-14)17(3,4)5/h7-10,12,23H,11H2,1-6H3,(H,19,21)(H,20,22). The molecular weight excluding hydrogens is 292 g/mol. The number of nitrogens with one attached hydrogen (secondary N) is 2. The topological polar surface area (TPSA) is 78.4 Å². The third-order valence-electron chi connectivity index (χ3n) is 4.07. The van der Waals surface area contributed by atoms with Gasteiger partial charge in [0.25, 0.3) is 0 Å². The van der Waals surface area contributed by atoms with Gasteiger partial charge in [-0.3, -0.25) is 9.59 Å². The zero-order valence-electron chi connectivity index (χ0n) is 14.9. The maximum absolute atomic E-state index is 11.9. The average molecular weight is 320 g/mol. The Hall–Kier alpha value is -1.88. The lowest BCUT2D eigenvalue weighted by Crippen LogP contribution is -2.47. The number of aliphatic hydroxyl groups is 1. The molecule has 0 saturated heterocycles. The van der Waals surface area contributed by atoms with Gasteiger partial charge in [0.1, 0.15) is 0 Å². The van der Waals surface area contributed by atoms with Crippen LogP contribution in [0.15, 0.2) is 24.3 Å². The number of hydrogen-bond donors (Lipinski definition) is 3. The van der Waals surface area contributed by atoms with E-state index in [1.807, 2.05) is 26.0 Å². The van der Waals surface area contributed by atoms with E-state index >= 15 is 0 Å². The molecule has 0 saturated carbocycles. The minimum atomic E-state index is -1.05. The maximum atomic E-state index is 11.9. The monoisotopic (exact) mass is 320 g/mol. The van der Waals surface area contributed by atoms with Crippen molar-refractivity contribution in [3.05, 3.63) is 29.8 Å². The van der Waals surface area contributed by atoms with Gasteiger partial charge in [0.2, 0.25) is 0 Å². The van der Waals surface area contributed by atoms with Crippen molar-refractivity contribution >= 4 is 17.5 Å². The number of hydrogen-bond acceptors (Lipinski definition) is 3. The summed E-state index contributed by atoms with van der Waals surface area (Å²) in [5, 5.41) is 15.1. The molecule has 0 heterocycles. The Bertz CT molecular complexity index is 555. The van der Waals surface area contributed by atoms with Crippen LogP contribution in [0.25, 0.3) is 0 Å². The smallest absolute Gasteiger partial charge is 0.313 e. The molecule has 0 aliphatic carbocycles. The third kappa shape index (κ3) is 5.67. The highest BCUT2D eigenvalue weighted by Crippen LogP contribution is 2.23. The molecule has 1 rings (SSSR count). The number of carbonyl (C=O) groups excluding carboxylic acids is 2. The van der Waals surface area contributed by atoms with Gasteiger partial charge in [0.05, 0.1) is 5.60 Å². The summed E-state index contributed by atoms with van der Waals surface area (Å²) in [4.78, 5) is 23.7. The molecule has 5 nitrogen and oxygen atoms in total. The van der Waals surface area contributed by atoms with E-state index in [-0.39, 0.29) is 17.9 Å². The van der Waals surface area contributed by atoms with Crippen molar-refractivity contribution in [1.82, 2.24) is 5.32 Å². The van der Waals surface area contributed by atoms with Crippen molar-refractivity contribution < 1.29 is 14.7 Å². The van der Waals surface area contributed by atoms with Gasteiger partial charge >= 0.3 is 11.8 Å². The molecule has 0 aromatic heterocycles. The van der Waals surface area contributed by atoms with Crippen LogP contribution < -0.4 is 10.6 Å². The lowest BCUT2D eigenvalue weighted by atomic mass is 9.87. The molecule has 3 N–H and O–H groups in total. The van der Waals surface area contributed by atoms with Gasteiger partial charge in [-0.25, -0.2) is 0 Å². The first kappa shape index (κ1) is 19.2. The van der Waals surface area contributed by atoms with E-state index in [1.165, 1.54) is 0 Å². The number of benzene rings is 1. The minimum Gasteiger partial charge on any atom is -0.388 e. The fourth-order valence-electron chi connectivity index (χ4n) is 1.79. The fourth-order valence-corrected chi connectivity index (χ4v) is 1.79. The van der Waals surface area contributed by atoms with Crippen molar-refractivity contribution in [1.29, 1.82) is 0 Å². The quantitative estimate of drug-likeness (QED) is 0.746. The van der Waals surface area contributed by atoms with Crippen LogP contribution in [-0.2, 0) is 15.0 Å². The van der Waals surface area contributed by atoms with Gasteiger partial charge in [-0.05, 0) is 36.0 Å². The molecule has 0 aliphatic rings. The second-order valence-corrected chi connectivity index (χ2v) is 7.48. The number of carbonyl (C=O) groups is 2. The maximum Gasteiger partial charge on any atom is 0.313 e. The van der Waals surface area contributed by atoms with Gasteiger partial charge in [0.15, 0.2) is 0 Å². The van der Waals surface area contributed by atoms with Crippen LogP contribution in [0.3, 0.4) is 0 Å². The Kier molecular flexibility index (Phi) is 5.94. The second kappa shape index (κ2) is 7.13. The molecule has 0 bridgehead atoms. The number of amides is 2. The van der Waals surface area contributed by atoms with E-state index in [4.69, 9.17) is 0 Å². The molecular formula is C18H28N2O3. The molecule has 1 aromatic carbocycles. The van der Waals surface area contributed by atoms with Crippen molar-refractivity contribution in [2.45, 2.75) is 52.6 Å². The fraction of sp³-hybridized carbons (Fsp3) is 0.556. The summed E-state index contributed by atoms with van der Waals surface area (Å²) in [5.74, 6) is -1.53. The van der Waals surface area contributed by atoms with Crippen LogP contribution in [0.4, 0.5) is 5.69 Å². The summed E-state index contributed by atoms with van der Waals surface area (Å²) in [6.07, 6.45) is 0. The van der Waals surface area contributed by atoms with Gasteiger partial charge in [-0.2, -0.15) is 0 Å². The Morgan fingerprint density at radius 1 is 1.04 bits per heavy atom. The van der Waals surface area contributed by atoms with E-state index < -0.39 is 17.4 Å². The minimum absolute atomic E-state index is 0.0277. The molecule has 1 atom stereocenters. The first-order chi connectivity index (χ1) is 10.4. The zero-order valence-corrected chi connectivity index (χ0v) is 14.9. The van der Waals surface area contributed by atoms with Crippen LogP contribution in [0.2, 0.25) is 0 Å². The van der Waals surface area contributed by atoms with E-state index in [1.54, 1.807) is 19.1 Å². The van der Waals surface area contributed by atoms with E-state index in [0.29, 0.717) is 5.69 Å². The zero-order chi connectivity index (χ0) is 17.8. The first-order valence-electron chi connectivity index (χ1n) is 7.85. The Labute approximate surface area is 138 Å². The molecule has 1 aromatic rings. The van der Waals surface area contributed by atoms with Crippen molar-refractivity contribution in [3.63, 3.8) is 0 Å².